The summed E-state index contributed by atoms with van der Waals surface area (Å²) in [6.07, 6.45) is 0.167. The Bertz CT molecular complexity index is 1560. The average Bonchev–Trinajstić information content (AvgIpc) is 2.92. The molecule has 4 aromatic rings. The van der Waals surface area contributed by atoms with Crippen LogP contribution < -0.4 is 15.0 Å². The average molecular weight is 502 g/mol. The van der Waals surface area contributed by atoms with Crippen LogP contribution in [0.3, 0.4) is 0 Å². The number of nitro benzene ring substituents is 1. The third kappa shape index (κ3) is 5.15. The van der Waals surface area contributed by atoms with E-state index in [1.165, 1.54) is 39.5 Å². The summed E-state index contributed by atoms with van der Waals surface area (Å²) < 4.78 is 16.5. The van der Waals surface area contributed by atoms with Crippen LogP contribution in [0, 0.1) is 10.1 Å². The van der Waals surface area contributed by atoms with Crippen LogP contribution >= 0.6 is 0 Å². The number of fused-ring (bicyclic) bond motifs is 1. The molecule has 0 N–H and O–H groups in total. The van der Waals surface area contributed by atoms with E-state index in [2.05, 4.69) is 14.8 Å². The Morgan fingerprint density at radius 1 is 1.11 bits per heavy atom. The number of nitrogens with zero attached hydrogens (tertiary/aromatic N) is 4. The molecule has 0 saturated carbocycles. The lowest BCUT2D eigenvalue weighted by Gasteiger charge is -2.15. The largest absolute Gasteiger partial charge is 0.493 e. The SMILES string of the molecule is COC(=O)[C@@H](C)Oc1c(OC)cc(C=Nn2c(-c3ccccc3)nc3ccccc3c2=O)cc1[N+](=O)[O-]. The van der Waals surface area contributed by atoms with Crippen molar-refractivity contribution in [3.63, 3.8) is 0 Å². The number of rotatable bonds is 8. The zero-order chi connectivity index (χ0) is 26.5. The summed E-state index contributed by atoms with van der Waals surface area (Å²) in [5.41, 5.74) is 0.557. The first-order chi connectivity index (χ1) is 17.8. The topological polar surface area (TPSA) is 135 Å². The van der Waals surface area contributed by atoms with Gasteiger partial charge in [-0.2, -0.15) is 9.78 Å². The zero-order valence-electron chi connectivity index (χ0n) is 20.2. The Hall–Kier alpha value is -5.06. The maximum atomic E-state index is 13.3. The highest BCUT2D eigenvalue weighted by Crippen LogP contribution is 2.38. The minimum atomic E-state index is -1.12. The van der Waals surface area contributed by atoms with Crippen LogP contribution in [0.5, 0.6) is 11.5 Å². The molecule has 0 spiro atoms. The quantitative estimate of drug-likeness (QED) is 0.154. The van der Waals surface area contributed by atoms with Gasteiger partial charge in [0.25, 0.3) is 5.56 Å². The molecule has 1 atom stereocenters. The van der Waals surface area contributed by atoms with E-state index in [1.54, 1.807) is 36.4 Å². The number of aromatic nitrogens is 2. The van der Waals surface area contributed by atoms with Crippen LogP contribution in [0.1, 0.15) is 12.5 Å². The number of hydrogen-bond acceptors (Lipinski definition) is 9. The number of esters is 1. The summed E-state index contributed by atoms with van der Waals surface area (Å²) in [5.74, 6) is -0.650. The Morgan fingerprint density at radius 2 is 1.81 bits per heavy atom. The second-order valence-electron chi connectivity index (χ2n) is 7.79. The van der Waals surface area contributed by atoms with Gasteiger partial charge in [-0.3, -0.25) is 14.9 Å². The van der Waals surface area contributed by atoms with Crippen LogP contribution in [-0.2, 0) is 9.53 Å². The van der Waals surface area contributed by atoms with Crippen LogP contribution in [0.4, 0.5) is 5.69 Å². The highest BCUT2D eigenvalue weighted by Gasteiger charge is 2.26. The molecule has 0 aliphatic rings. The number of carbonyl (C=O) groups excluding carboxylic acids is 1. The van der Waals surface area contributed by atoms with Gasteiger partial charge in [0.05, 0.1) is 36.3 Å². The second kappa shape index (κ2) is 10.7. The van der Waals surface area contributed by atoms with Crippen molar-refractivity contribution in [3.8, 4) is 22.9 Å². The lowest BCUT2D eigenvalue weighted by Crippen LogP contribution is -2.25. The van der Waals surface area contributed by atoms with Crippen molar-refractivity contribution in [2.45, 2.75) is 13.0 Å². The summed E-state index contributed by atoms with van der Waals surface area (Å²) in [7, 11) is 2.49. The normalized spacial score (nSPS) is 11.9. The van der Waals surface area contributed by atoms with Crippen molar-refractivity contribution in [1.29, 1.82) is 0 Å². The molecule has 0 aliphatic heterocycles. The van der Waals surface area contributed by atoms with Crippen LogP contribution in [0.15, 0.2) is 76.6 Å². The molecule has 0 saturated heterocycles. The Labute approximate surface area is 210 Å². The van der Waals surface area contributed by atoms with Crippen molar-refractivity contribution >= 4 is 28.8 Å². The first kappa shape index (κ1) is 25.0. The van der Waals surface area contributed by atoms with E-state index >= 15 is 0 Å². The van der Waals surface area contributed by atoms with Gasteiger partial charge < -0.3 is 14.2 Å². The molecule has 4 rings (SSSR count). The molecule has 11 nitrogen and oxygen atoms in total. The van der Waals surface area contributed by atoms with Gasteiger partial charge in [0.15, 0.2) is 17.7 Å². The number of benzene rings is 3. The molecule has 3 aromatic carbocycles. The summed E-state index contributed by atoms with van der Waals surface area (Å²) in [4.78, 5) is 40.9. The van der Waals surface area contributed by atoms with E-state index in [9.17, 15) is 19.7 Å². The highest BCUT2D eigenvalue weighted by molar-refractivity contribution is 5.84. The molecule has 0 amide bonds. The minimum Gasteiger partial charge on any atom is -0.493 e. The highest BCUT2D eigenvalue weighted by atomic mass is 16.6. The van der Waals surface area contributed by atoms with Gasteiger partial charge in [-0.05, 0) is 25.1 Å². The molecule has 0 unspecified atom stereocenters. The lowest BCUT2D eigenvalue weighted by atomic mass is 10.1. The number of carbonyl (C=O) groups is 1. The molecule has 188 valence electrons. The minimum absolute atomic E-state index is 0.00123. The molecule has 37 heavy (non-hydrogen) atoms. The third-order valence-electron chi connectivity index (χ3n) is 5.41. The van der Waals surface area contributed by atoms with Crippen molar-refractivity contribution in [1.82, 2.24) is 9.66 Å². The van der Waals surface area contributed by atoms with Gasteiger partial charge in [-0.1, -0.05) is 42.5 Å². The van der Waals surface area contributed by atoms with Crippen molar-refractivity contribution in [2.24, 2.45) is 5.10 Å². The summed E-state index contributed by atoms with van der Waals surface area (Å²) >= 11 is 0. The first-order valence-corrected chi connectivity index (χ1v) is 11.1. The molecule has 1 aromatic heterocycles. The van der Waals surface area contributed by atoms with Gasteiger partial charge in [-0.15, -0.1) is 0 Å². The Balaban J connectivity index is 1.84. The molecule has 0 bridgehead atoms. The third-order valence-corrected chi connectivity index (χ3v) is 5.41. The maximum Gasteiger partial charge on any atom is 0.346 e. The fraction of sp³-hybridized carbons (Fsp3) is 0.154. The van der Waals surface area contributed by atoms with E-state index in [0.717, 1.165) is 4.68 Å². The zero-order valence-corrected chi connectivity index (χ0v) is 20.2. The van der Waals surface area contributed by atoms with Crippen LogP contribution in [0.2, 0.25) is 0 Å². The smallest absolute Gasteiger partial charge is 0.346 e. The number of hydrogen-bond donors (Lipinski definition) is 0. The molecule has 11 heteroatoms. The van der Waals surface area contributed by atoms with Gasteiger partial charge in [0, 0.05) is 17.2 Å². The Kier molecular flexibility index (Phi) is 7.23. The summed E-state index contributed by atoms with van der Waals surface area (Å²) in [5, 5.41) is 16.5. The maximum absolute atomic E-state index is 13.3. The predicted molar refractivity (Wildman–Crippen MR) is 136 cm³/mol. The molecule has 1 heterocycles. The summed E-state index contributed by atoms with van der Waals surface area (Å²) in [6.45, 7) is 1.40. The lowest BCUT2D eigenvalue weighted by molar-refractivity contribution is -0.386. The number of nitro groups is 1. The van der Waals surface area contributed by atoms with Gasteiger partial charge in [0.1, 0.15) is 0 Å². The standard InChI is InChI=1S/C26H22N4O7/c1-16(26(32)36-3)37-23-21(30(33)34)13-17(14-22(23)35-2)15-27-29-24(18-9-5-4-6-10-18)28-20-12-8-7-11-19(20)25(29)31/h4-16H,1-3H3/t16-/m1/s1. The molecule has 0 fully saturated rings. The van der Waals surface area contributed by atoms with Crippen LogP contribution in [0.25, 0.3) is 22.3 Å². The van der Waals surface area contributed by atoms with Crippen LogP contribution in [-0.4, -0.2) is 47.1 Å². The first-order valence-electron chi connectivity index (χ1n) is 11.1. The Morgan fingerprint density at radius 3 is 2.49 bits per heavy atom. The number of ether oxygens (including phenoxy) is 3. The van der Waals surface area contributed by atoms with Crippen molar-refractivity contribution in [2.75, 3.05) is 14.2 Å². The van der Waals surface area contributed by atoms with Crippen molar-refractivity contribution < 1.29 is 23.9 Å². The van der Waals surface area contributed by atoms with E-state index in [4.69, 9.17) is 9.47 Å². The van der Waals surface area contributed by atoms with E-state index in [-0.39, 0.29) is 17.1 Å². The number of para-hydroxylation sites is 1. The summed E-state index contributed by atoms with van der Waals surface area (Å²) in [6, 6.07) is 18.6. The monoisotopic (exact) mass is 502 g/mol. The molecule has 0 aliphatic carbocycles. The van der Waals surface area contributed by atoms with Gasteiger partial charge in [-0.25, -0.2) is 9.78 Å². The van der Waals surface area contributed by atoms with Gasteiger partial charge in [0.2, 0.25) is 5.75 Å². The molecular weight excluding hydrogens is 480 g/mol. The molecular formula is C26H22N4O7. The molecule has 0 radical (unpaired) electrons. The van der Waals surface area contributed by atoms with E-state index in [1.807, 2.05) is 18.2 Å². The second-order valence-corrected chi connectivity index (χ2v) is 7.79. The fourth-order valence-electron chi connectivity index (χ4n) is 3.61. The fourth-order valence-corrected chi connectivity index (χ4v) is 3.61. The number of methoxy groups -OCH3 is 2. The van der Waals surface area contributed by atoms with E-state index < -0.39 is 28.2 Å². The van der Waals surface area contributed by atoms with Gasteiger partial charge >= 0.3 is 11.7 Å². The predicted octanol–water partition coefficient (Wildman–Crippen LogP) is 3.80. The van der Waals surface area contributed by atoms with E-state index in [0.29, 0.717) is 22.3 Å². The van der Waals surface area contributed by atoms with Crippen molar-refractivity contribution in [3.05, 3.63) is 92.8 Å².